The van der Waals surface area contributed by atoms with Crippen LogP contribution in [-0.2, 0) is 4.74 Å². The molecule has 0 bridgehead atoms. The molecule has 37 heavy (non-hydrogen) atoms. The Morgan fingerprint density at radius 3 is 2.49 bits per heavy atom. The maximum atomic E-state index is 12.5. The molecule has 1 aliphatic heterocycles. The van der Waals surface area contributed by atoms with Crippen LogP contribution < -0.4 is 14.8 Å². The highest BCUT2D eigenvalue weighted by Gasteiger charge is 2.37. The van der Waals surface area contributed by atoms with E-state index in [1.54, 1.807) is 0 Å². The van der Waals surface area contributed by atoms with Crippen molar-refractivity contribution in [2.45, 2.75) is 37.7 Å². The molecule has 0 unspecified atom stereocenters. The number of carboxylic acid groups (broad SMARTS) is 1. The van der Waals surface area contributed by atoms with Gasteiger partial charge in [0.25, 0.3) is 5.91 Å². The van der Waals surface area contributed by atoms with Crippen molar-refractivity contribution in [1.29, 1.82) is 0 Å². The molecular weight excluding hydrogens is 546 g/mol. The summed E-state index contributed by atoms with van der Waals surface area (Å²) in [5, 5.41) is 18.9. The lowest BCUT2D eigenvalue weighted by Gasteiger charge is -2.36. The van der Waals surface area contributed by atoms with Crippen LogP contribution in [0.15, 0.2) is 22.6 Å². The Labute approximate surface area is 208 Å². The summed E-state index contributed by atoms with van der Waals surface area (Å²) < 4.78 is 90.4. The third kappa shape index (κ3) is 8.28. The molecule has 0 saturated carbocycles. The van der Waals surface area contributed by atoms with Crippen LogP contribution in [0, 0.1) is 0 Å². The summed E-state index contributed by atoms with van der Waals surface area (Å²) in [5.74, 6) is -1.59. The average molecular weight is 563 g/mol. The first-order valence-electron chi connectivity index (χ1n) is 10.2. The van der Waals surface area contributed by atoms with Crippen molar-refractivity contribution in [3.63, 3.8) is 0 Å². The Morgan fingerprint density at radius 2 is 1.86 bits per heavy atom. The van der Waals surface area contributed by atoms with Gasteiger partial charge in [0.15, 0.2) is 0 Å². The summed E-state index contributed by atoms with van der Waals surface area (Å²) in [6.07, 6.45) is -11.3. The summed E-state index contributed by atoms with van der Waals surface area (Å²) in [4.78, 5) is 25.2. The second-order valence-electron chi connectivity index (χ2n) is 7.44. The van der Waals surface area contributed by atoms with Gasteiger partial charge in [0.1, 0.15) is 18.4 Å². The second-order valence-corrected chi connectivity index (χ2v) is 7.85. The average Bonchev–Trinajstić information content (AvgIpc) is 3.25. The topological polar surface area (TPSA) is 136 Å². The number of carbonyl (C=O) groups excluding carboxylic acids is 1. The smallest absolute Gasteiger partial charge is 0.465 e. The van der Waals surface area contributed by atoms with Gasteiger partial charge in [-0.15, -0.1) is 31.4 Å². The Morgan fingerprint density at radius 1 is 1.14 bits per heavy atom. The van der Waals surface area contributed by atoms with Crippen molar-refractivity contribution in [2.75, 3.05) is 19.8 Å². The van der Waals surface area contributed by atoms with Gasteiger partial charge in [-0.1, -0.05) is 16.7 Å². The maximum Gasteiger partial charge on any atom is 0.573 e. The van der Waals surface area contributed by atoms with Crippen molar-refractivity contribution in [1.82, 2.24) is 20.4 Å². The largest absolute Gasteiger partial charge is 0.573 e. The number of likely N-dealkylation sites (tertiary alicyclic amines) is 1. The van der Waals surface area contributed by atoms with Crippen LogP contribution in [0.4, 0.5) is 31.1 Å². The van der Waals surface area contributed by atoms with Gasteiger partial charge in [-0.25, -0.2) is 4.79 Å². The van der Waals surface area contributed by atoms with Gasteiger partial charge in [-0.3, -0.25) is 14.4 Å². The standard InChI is InChI=1S/C19H17ClF6N4O7/c20-11-7-9(1-4-13(11)37-19(24,25)26)14(31)27-10-2-3-12(30(8-10)17(32)33)15-28-29-16(36-15)34-5-6-35-18(21,22)23/h1,4,7,10,12H,2-3,5-6,8H2,(H,27,31)(H,32,33)/t10-,12+/m0/s1. The number of ether oxygens (including phenoxy) is 3. The van der Waals surface area contributed by atoms with Crippen LogP contribution in [0.25, 0.3) is 0 Å². The predicted molar refractivity (Wildman–Crippen MR) is 108 cm³/mol. The molecule has 2 atom stereocenters. The molecule has 2 amide bonds. The number of alkyl halides is 6. The van der Waals surface area contributed by atoms with Crippen LogP contribution >= 0.6 is 11.6 Å². The minimum absolute atomic E-state index is 0.0864. The summed E-state index contributed by atoms with van der Waals surface area (Å²) >= 11 is 5.75. The van der Waals surface area contributed by atoms with Crippen molar-refractivity contribution in [2.24, 2.45) is 0 Å². The monoisotopic (exact) mass is 562 g/mol. The Kier molecular flexibility index (Phi) is 8.57. The lowest BCUT2D eigenvalue weighted by Crippen LogP contribution is -2.50. The summed E-state index contributed by atoms with van der Waals surface area (Å²) in [5.41, 5.74) is -0.0864. The van der Waals surface area contributed by atoms with Gasteiger partial charge in [0.05, 0.1) is 11.6 Å². The first-order chi connectivity index (χ1) is 17.2. The Hall–Kier alpha value is -3.47. The Balaban J connectivity index is 1.59. The van der Waals surface area contributed by atoms with Gasteiger partial charge < -0.3 is 24.3 Å². The van der Waals surface area contributed by atoms with E-state index in [2.05, 4.69) is 25.0 Å². The van der Waals surface area contributed by atoms with Gasteiger partial charge in [-0.2, -0.15) is 0 Å². The first-order valence-corrected chi connectivity index (χ1v) is 10.6. The van der Waals surface area contributed by atoms with Crippen LogP contribution in [-0.4, -0.2) is 70.7 Å². The minimum Gasteiger partial charge on any atom is -0.465 e. The molecule has 1 fully saturated rings. The minimum atomic E-state index is -4.97. The number of aromatic nitrogens is 2. The maximum absolute atomic E-state index is 12.5. The number of amides is 2. The van der Waals surface area contributed by atoms with E-state index in [0.29, 0.717) is 0 Å². The predicted octanol–water partition coefficient (Wildman–Crippen LogP) is 4.15. The number of carbonyl (C=O) groups is 2. The van der Waals surface area contributed by atoms with Crippen LogP contribution in [0.2, 0.25) is 5.02 Å². The zero-order valence-corrected chi connectivity index (χ0v) is 19.1. The molecular formula is C19H17ClF6N4O7. The van der Waals surface area contributed by atoms with E-state index in [-0.39, 0.29) is 30.8 Å². The van der Waals surface area contributed by atoms with Crippen molar-refractivity contribution >= 4 is 23.6 Å². The lowest BCUT2D eigenvalue weighted by atomic mass is 9.98. The molecule has 1 saturated heterocycles. The molecule has 11 nitrogen and oxygen atoms in total. The third-order valence-electron chi connectivity index (χ3n) is 4.86. The molecule has 0 spiro atoms. The van der Waals surface area contributed by atoms with E-state index in [1.807, 2.05) is 0 Å². The van der Waals surface area contributed by atoms with Crippen LogP contribution in [0.1, 0.15) is 35.1 Å². The van der Waals surface area contributed by atoms with E-state index >= 15 is 0 Å². The van der Waals surface area contributed by atoms with E-state index < -0.39 is 66.9 Å². The van der Waals surface area contributed by atoms with Gasteiger partial charge in [0.2, 0.25) is 5.89 Å². The molecule has 3 rings (SSSR count). The number of hydrogen-bond acceptors (Lipinski definition) is 8. The quantitative estimate of drug-likeness (QED) is 0.359. The Bertz CT molecular complexity index is 1110. The van der Waals surface area contributed by atoms with Crippen LogP contribution in [0.3, 0.4) is 0 Å². The zero-order chi connectivity index (χ0) is 27.4. The number of benzene rings is 1. The fourth-order valence-corrected chi connectivity index (χ4v) is 3.59. The molecule has 2 N–H and O–H groups in total. The van der Waals surface area contributed by atoms with Crippen LogP contribution in [0.5, 0.6) is 11.8 Å². The molecule has 2 heterocycles. The fraction of sp³-hybridized carbons (Fsp3) is 0.474. The molecule has 204 valence electrons. The molecule has 1 aromatic carbocycles. The second kappa shape index (κ2) is 11.3. The highest BCUT2D eigenvalue weighted by atomic mass is 35.5. The number of nitrogens with one attached hydrogen (secondary N) is 1. The van der Waals surface area contributed by atoms with Crippen molar-refractivity contribution in [3.8, 4) is 11.8 Å². The van der Waals surface area contributed by atoms with E-state index in [0.717, 1.165) is 23.1 Å². The van der Waals surface area contributed by atoms with Crippen molar-refractivity contribution in [3.05, 3.63) is 34.7 Å². The number of hydrogen-bond donors (Lipinski definition) is 2. The van der Waals surface area contributed by atoms with Crippen molar-refractivity contribution < 1.29 is 59.7 Å². The highest BCUT2D eigenvalue weighted by Crippen LogP contribution is 2.33. The normalized spacial score (nSPS) is 18.4. The summed E-state index contributed by atoms with van der Waals surface area (Å²) in [6, 6.07) is 1.27. The first kappa shape index (κ1) is 28.1. The van der Waals surface area contributed by atoms with E-state index in [1.165, 1.54) is 0 Å². The zero-order valence-electron chi connectivity index (χ0n) is 18.3. The number of piperidine rings is 1. The molecule has 1 aliphatic rings. The number of rotatable bonds is 8. The number of nitrogens with zero attached hydrogens (tertiary/aromatic N) is 3. The fourth-order valence-electron chi connectivity index (χ4n) is 3.37. The summed E-state index contributed by atoms with van der Waals surface area (Å²) in [7, 11) is 0. The van der Waals surface area contributed by atoms with Gasteiger partial charge in [-0.05, 0) is 31.0 Å². The molecule has 18 heteroatoms. The van der Waals surface area contributed by atoms with Gasteiger partial charge >= 0.3 is 24.9 Å². The molecule has 2 aromatic rings. The van der Waals surface area contributed by atoms with E-state index in [9.17, 15) is 41.0 Å². The van der Waals surface area contributed by atoms with Gasteiger partial charge in [0, 0.05) is 18.2 Å². The number of halogens is 7. The SMILES string of the molecule is O=C(N[C@H]1CC[C@H](c2nnc(OCCOC(F)(F)F)o2)N(C(=O)O)C1)c1ccc(OC(F)(F)F)c(Cl)c1. The summed E-state index contributed by atoms with van der Waals surface area (Å²) in [6.45, 7) is -1.61. The highest BCUT2D eigenvalue weighted by molar-refractivity contribution is 6.32. The van der Waals surface area contributed by atoms with E-state index in [4.69, 9.17) is 20.8 Å². The molecule has 0 aliphatic carbocycles. The molecule has 1 aromatic heterocycles. The third-order valence-corrected chi connectivity index (χ3v) is 5.16. The molecule has 0 radical (unpaired) electrons. The lowest BCUT2D eigenvalue weighted by molar-refractivity contribution is -0.325.